The maximum absolute atomic E-state index is 10.3. The second-order valence-corrected chi connectivity index (χ2v) is 6.14. The van der Waals surface area contributed by atoms with E-state index in [2.05, 4.69) is 18.8 Å². The van der Waals surface area contributed by atoms with E-state index in [1.807, 2.05) is 17.8 Å². The lowest BCUT2D eigenvalue weighted by Gasteiger charge is -2.33. The third-order valence-electron chi connectivity index (χ3n) is 4.62. The van der Waals surface area contributed by atoms with Crippen LogP contribution >= 0.6 is 0 Å². The number of nitrogens with zero attached hydrogens (tertiary/aromatic N) is 2. The Morgan fingerprint density at radius 3 is 2.39 bits per heavy atom. The molecule has 1 atom stereocenters. The summed E-state index contributed by atoms with van der Waals surface area (Å²) in [5, 5.41) is 10.3. The Morgan fingerprint density at radius 2 is 1.89 bits per heavy atom. The molecule has 1 heterocycles. The predicted molar refractivity (Wildman–Crippen MR) is 73.2 cm³/mol. The van der Waals surface area contributed by atoms with E-state index in [4.69, 9.17) is 0 Å². The van der Waals surface area contributed by atoms with Crippen LogP contribution < -0.4 is 0 Å². The number of aryl methyl sites for hydroxylation is 1. The van der Waals surface area contributed by atoms with Crippen LogP contribution in [0.5, 0.6) is 0 Å². The zero-order valence-electron chi connectivity index (χ0n) is 11.8. The van der Waals surface area contributed by atoms with Crippen LogP contribution in [0.3, 0.4) is 0 Å². The van der Waals surface area contributed by atoms with Gasteiger partial charge in [-0.25, -0.2) is 4.98 Å². The van der Waals surface area contributed by atoms with Crippen molar-refractivity contribution in [3.63, 3.8) is 0 Å². The first-order valence-corrected chi connectivity index (χ1v) is 7.22. The molecule has 0 radical (unpaired) electrons. The summed E-state index contributed by atoms with van der Waals surface area (Å²) in [6.07, 6.45) is 9.12. The van der Waals surface area contributed by atoms with Crippen molar-refractivity contribution in [3.8, 4) is 0 Å². The SMILES string of the molecule is CC(C)C1CCC(C(O)Cc2nccn2C)CC1. The molecule has 2 rings (SSSR count). The van der Waals surface area contributed by atoms with Crippen LogP contribution in [0.25, 0.3) is 0 Å². The number of aliphatic hydroxyl groups is 1. The number of aliphatic hydroxyl groups excluding tert-OH is 1. The van der Waals surface area contributed by atoms with Crippen LogP contribution in [-0.4, -0.2) is 20.8 Å². The summed E-state index contributed by atoms with van der Waals surface area (Å²) in [5.74, 6) is 3.12. The molecule has 0 bridgehead atoms. The average Bonchev–Trinajstić information content (AvgIpc) is 2.75. The lowest BCUT2D eigenvalue weighted by molar-refractivity contribution is 0.0656. The van der Waals surface area contributed by atoms with E-state index in [1.54, 1.807) is 6.20 Å². The predicted octanol–water partition coefficient (Wildman–Crippen LogP) is 2.79. The molecule has 1 unspecified atom stereocenters. The van der Waals surface area contributed by atoms with Gasteiger partial charge >= 0.3 is 0 Å². The summed E-state index contributed by atoms with van der Waals surface area (Å²) < 4.78 is 2.00. The van der Waals surface area contributed by atoms with Crippen LogP contribution in [0.2, 0.25) is 0 Å². The van der Waals surface area contributed by atoms with E-state index in [-0.39, 0.29) is 6.10 Å². The van der Waals surface area contributed by atoms with E-state index >= 15 is 0 Å². The summed E-state index contributed by atoms with van der Waals surface area (Å²) in [5.41, 5.74) is 0. The average molecular weight is 250 g/mol. The van der Waals surface area contributed by atoms with Crippen molar-refractivity contribution < 1.29 is 5.11 Å². The Morgan fingerprint density at radius 1 is 1.28 bits per heavy atom. The lowest BCUT2D eigenvalue weighted by atomic mass is 9.75. The maximum atomic E-state index is 10.3. The summed E-state index contributed by atoms with van der Waals surface area (Å²) in [4.78, 5) is 4.30. The highest BCUT2D eigenvalue weighted by atomic mass is 16.3. The minimum atomic E-state index is -0.223. The first-order chi connectivity index (χ1) is 8.58. The number of imidazole rings is 1. The topological polar surface area (TPSA) is 38.1 Å². The molecule has 0 saturated heterocycles. The van der Waals surface area contributed by atoms with Gasteiger partial charge in [0.15, 0.2) is 0 Å². The van der Waals surface area contributed by atoms with Gasteiger partial charge in [-0.05, 0) is 43.4 Å². The number of hydrogen-bond acceptors (Lipinski definition) is 2. The molecule has 1 saturated carbocycles. The molecular weight excluding hydrogens is 224 g/mol. The molecule has 18 heavy (non-hydrogen) atoms. The van der Waals surface area contributed by atoms with Crippen molar-refractivity contribution >= 4 is 0 Å². The molecule has 1 aromatic rings. The normalized spacial score (nSPS) is 26.5. The van der Waals surface area contributed by atoms with Gasteiger partial charge in [-0.2, -0.15) is 0 Å². The Labute approximate surface area is 110 Å². The second-order valence-electron chi connectivity index (χ2n) is 6.14. The first-order valence-electron chi connectivity index (χ1n) is 7.22. The molecule has 3 heteroatoms. The number of rotatable bonds is 4. The summed E-state index contributed by atoms with van der Waals surface area (Å²) >= 11 is 0. The molecular formula is C15H26N2O. The Hall–Kier alpha value is -0.830. The Kier molecular flexibility index (Phi) is 4.44. The fourth-order valence-electron chi connectivity index (χ4n) is 3.14. The van der Waals surface area contributed by atoms with Crippen LogP contribution in [0, 0.1) is 17.8 Å². The van der Waals surface area contributed by atoms with Crippen LogP contribution in [0.15, 0.2) is 12.4 Å². The van der Waals surface area contributed by atoms with E-state index < -0.39 is 0 Å². The van der Waals surface area contributed by atoms with Crippen molar-refractivity contribution in [1.82, 2.24) is 9.55 Å². The molecule has 102 valence electrons. The largest absolute Gasteiger partial charge is 0.392 e. The van der Waals surface area contributed by atoms with Gasteiger partial charge < -0.3 is 9.67 Å². The first kappa shape index (κ1) is 13.6. The van der Waals surface area contributed by atoms with Crippen molar-refractivity contribution in [2.45, 2.75) is 52.1 Å². The molecule has 1 aromatic heterocycles. The second kappa shape index (κ2) is 5.87. The third-order valence-corrected chi connectivity index (χ3v) is 4.62. The van der Waals surface area contributed by atoms with E-state index in [0.29, 0.717) is 12.3 Å². The van der Waals surface area contributed by atoms with E-state index in [9.17, 15) is 5.11 Å². The fraction of sp³-hybridized carbons (Fsp3) is 0.800. The van der Waals surface area contributed by atoms with E-state index in [1.165, 1.54) is 25.7 Å². The number of aromatic nitrogens is 2. The van der Waals surface area contributed by atoms with Gasteiger partial charge in [0.1, 0.15) is 5.82 Å². The van der Waals surface area contributed by atoms with Gasteiger partial charge in [0, 0.05) is 25.9 Å². The molecule has 1 N–H and O–H groups in total. The fourth-order valence-corrected chi connectivity index (χ4v) is 3.14. The molecule has 1 fully saturated rings. The van der Waals surface area contributed by atoms with Gasteiger partial charge in [-0.3, -0.25) is 0 Å². The third kappa shape index (κ3) is 3.14. The van der Waals surface area contributed by atoms with Crippen molar-refractivity contribution in [2.75, 3.05) is 0 Å². The van der Waals surface area contributed by atoms with Gasteiger partial charge in [-0.1, -0.05) is 13.8 Å². The van der Waals surface area contributed by atoms with Gasteiger partial charge in [0.25, 0.3) is 0 Å². The highest BCUT2D eigenvalue weighted by Crippen LogP contribution is 2.35. The standard InChI is InChI=1S/C15H26N2O/c1-11(2)12-4-6-13(7-5-12)14(18)10-15-16-8-9-17(15)3/h8-9,11-14,18H,4-7,10H2,1-3H3. The molecule has 0 amide bonds. The zero-order valence-corrected chi connectivity index (χ0v) is 11.8. The van der Waals surface area contributed by atoms with E-state index in [0.717, 1.165) is 17.7 Å². The molecule has 3 nitrogen and oxygen atoms in total. The molecule has 1 aliphatic carbocycles. The molecule has 0 aromatic carbocycles. The van der Waals surface area contributed by atoms with Gasteiger partial charge in [0.2, 0.25) is 0 Å². The summed E-state index contributed by atoms with van der Waals surface area (Å²) in [6.45, 7) is 4.63. The minimum Gasteiger partial charge on any atom is -0.392 e. The lowest BCUT2D eigenvalue weighted by Crippen LogP contribution is -2.29. The highest BCUT2D eigenvalue weighted by Gasteiger charge is 2.28. The monoisotopic (exact) mass is 250 g/mol. The van der Waals surface area contributed by atoms with Crippen LogP contribution in [0.1, 0.15) is 45.4 Å². The highest BCUT2D eigenvalue weighted by molar-refractivity contribution is 4.94. The molecule has 0 aliphatic heterocycles. The number of hydrogen-bond donors (Lipinski definition) is 1. The zero-order chi connectivity index (χ0) is 13.1. The molecule has 0 spiro atoms. The van der Waals surface area contributed by atoms with Crippen molar-refractivity contribution in [2.24, 2.45) is 24.8 Å². The summed E-state index contributed by atoms with van der Waals surface area (Å²) in [7, 11) is 1.99. The maximum Gasteiger partial charge on any atom is 0.110 e. The Bertz CT molecular complexity index is 364. The summed E-state index contributed by atoms with van der Waals surface area (Å²) in [6, 6.07) is 0. The van der Waals surface area contributed by atoms with Crippen molar-refractivity contribution in [1.29, 1.82) is 0 Å². The Balaban J connectivity index is 1.84. The van der Waals surface area contributed by atoms with Gasteiger partial charge in [-0.15, -0.1) is 0 Å². The van der Waals surface area contributed by atoms with Gasteiger partial charge in [0.05, 0.1) is 6.10 Å². The van der Waals surface area contributed by atoms with Crippen LogP contribution in [0.4, 0.5) is 0 Å². The quantitative estimate of drug-likeness (QED) is 0.892. The minimum absolute atomic E-state index is 0.223. The van der Waals surface area contributed by atoms with Crippen LogP contribution in [-0.2, 0) is 13.5 Å². The smallest absolute Gasteiger partial charge is 0.110 e. The van der Waals surface area contributed by atoms with Crippen molar-refractivity contribution in [3.05, 3.63) is 18.2 Å². The molecule has 1 aliphatic rings.